The van der Waals surface area contributed by atoms with Crippen molar-refractivity contribution in [1.29, 1.82) is 0 Å². The number of fused-ring (bicyclic) bond motifs is 1. The summed E-state index contributed by atoms with van der Waals surface area (Å²) in [5, 5.41) is 3.05. The molecule has 24 heavy (non-hydrogen) atoms. The number of nitrogens with one attached hydrogen (secondary N) is 1. The maximum absolute atomic E-state index is 12.7. The molecule has 1 amide bonds. The number of carbonyl (C=O) groups excluding carboxylic acids is 1. The van der Waals surface area contributed by atoms with Gasteiger partial charge in [-0.3, -0.25) is 4.79 Å². The molecular formula is C20H21N3O. The maximum Gasteiger partial charge on any atom is 0.255 e. The number of nitrogens with zero attached hydrogens (tertiary/aromatic N) is 2. The molecule has 0 saturated carbocycles. The van der Waals surface area contributed by atoms with Crippen LogP contribution in [0.3, 0.4) is 0 Å². The predicted octanol–water partition coefficient (Wildman–Crippen LogP) is 4.37. The normalized spacial score (nSPS) is 10.8. The highest BCUT2D eigenvalue weighted by Crippen LogP contribution is 2.22. The molecule has 0 spiro atoms. The molecule has 4 heteroatoms. The molecule has 0 radical (unpaired) electrons. The lowest BCUT2D eigenvalue weighted by atomic mass is 10.1. The van der Waals surface area contributed by atoms with Crippen molar-refractivity contribution < 1.29 is 4.79 Å². The molecule has 1 N–H and O–H groups in total. The number of hydrogen-bond donors (Lipinski definition) is 1. The third kappa shape index (κ3) is 3.00. The zero-order chi connectivity index (χ0) is 17.3. The molecular weight excluding hydrogens is 298 g/mol. The Bertz CT molecular complexity index is 932. The van der Waals surface area contributed by atoms with Crippen molar-refractivity contribution in [3.63, 3.8) is 0 Å². The van der Waals surface area contributed by atoms with Crippen molar-refractivity contribution in [3.8, 4) is 0 Å². The maximum atomic E-state index is 12.7. The molecule has 4 nitrogen and oxygen atoms in total. The summed E-state index contributed by atoms with van der Waals surface area (Å²) in [6.45, 7) is 7.95. The van der Waals surface area contributed by atoms with Gasteiger partial charge < -0.3 is 5.32 Å². The van der Waals surface area contributed by atoms with Gasteiger partial charge in [0.1, 0.15) is 0 Å². The minimum atomic E-state index is -0.124. The highest BCUT2D eigenvalue weighted by atomic mass is 16.1. The fraction of sp³-hybridized carbons (Fsp3) is 0.250. The summed E-state index contributed by atoms with van der Waals surface area (Å²) in [6.07, 6.45) is 0.874. The van der Waals surface area contributed by atoms with Crippen LogP contribution in [-0.4, -0.2) is 15.9 Å². The van der Waals surface area contributed by atoms with E-state index in [1.54, 1.807) is 12.1 Å². The Balaban J connectivity index is 1.96. The average Bonchev–Trinajstić information content (AvgIpc) is 2.57. The lowest BCUT2D eigenvalue weighted by Gasteiger charge is -2.13. The van der Waals surface area contributed by atoms with Gasteiger partial charge in [0.15, 0.2) is 0 Å². The standard InChI is InChI=1S/C20H21N3O/c1-5-15-8-6-7-12(2)19(15)23-20(24)16-9-10-17-18(11-16)22-14(4)13(3)21-17/h6-11H,5H2,1-4H3,(H,23,24). The molecule has 0 fully saturated rings. The van der Waals surface area contributed by atoms with Gasteiger partial charge in [-0.25, -0.2) is 9.97 Å². The predicted molar refractivity (Wildman–Crippen MR) is 97.5 cm³/mol. The largest absolute Gasteiger partial charge is 0.321 e. The van der Waals surface area contributed by atoms with E-state index in [9.17, 15) is 4.79 Å². The first-order valence-corrected chi connectivity index (χ1v) is 8.14. The summed E-state index contributed by atoms with van der Waals surface area (Å²) < 4.78 is 0. The molecule has 3 aromatic rings. The van der Waals surface area contributed by atoms with Gasteiger partial charge >= 0.3 is 0 Å². The van der Waals surface area contributed by atoms with Crippen LogP contribution in [0.25, 0.3) is 11.0 Å². The van der Waals surface area contributed by atoms with Crippen LogP contribution in [0.2, 0.25) is 0 Å². The molecule has 0 saturated heterocycles. The van der Waals surface area contributed by atoms with Gasteiger partial charge in [0.2, 0.25) is 0 Å². The minimum Gasteiger partial charge on any atom is -0.321 e. The first-order valence-electron chi connectivity index (χ1n) is 8.14. The van der Waals surface area contributed by atoms with Crippen LogP contribution in [0.15, 0.2) is 36.4 Å². The minimum absolute atomic E-state index is 0.124. The summed E-state index contributed by atoms with van der Waals surface area (Å²) in [7, 11) is 0. The second-order valence-electron chi connectivity index (χ2n) is 6.01. The lowest BCUT2D eigenvalue weighted by Crippen LogP contribution is -2.14. The fourth-order valence-corrected chi connectivity index (χ4v) is 2.76. The van der Waals surface area contributed by atoms with Gasteiger partial charge in [0.05, 0.1) is 22.4 Å². The molecule has 1 aromatic heterocycles. The van der Waals surface area contributed by atoms with Gasteiger partial charge in [-0.1, -0.05) is 25.1 Å². The number of para-hydroxylation sites is 1. The molecule has 1 heterocycles. The highest BCUT2D eigenvalue weighted by Gasteiger charge is 2.12. The molecule has 122 valence electrons. The van der Waals surface area contributed by atoms with Gasteiger partial charge in [-0.2, -0.15) is 0 Å². The molecule has 0 atom stereocenters. The van der Waals surface area contributed by atoms with Crippen LogP contribution >= 0.6 is 0 Å². The first-order chi connectivity index (χ1) is 11.5. The van der Waals surface area contributed by atoms with Crippen LogP contribution in [0, 0.1) is 20.8 Å². The number of carbonyl (C=O) groups is 1. The summed E-state index contributed by atoms with van der Waals surface area (Å²) in [5.41, 5.74) is 7.03. The molecule has 2 aromatic carbocycles. The average molecular weight is 319 g/mol. The Kier molecular flexibility index (Phi) is 4.30. The van der Waals surface area contributed by atoms with Crippen LogP contribution in [-0.2, 0) is 6.42 Å². The smallest absolute Gasteiger partial charge is 0.255 e. The van der Waals surface area contributed by atoms with E-state index in [4.69, 9.17) is 0 Å². The third-order valence-electron chi connectivity index (χ3n) is 4.32. The lowest BCUT2D eigenvalue weighted by molar-refractivity contribution is 0.102. The summed E-state index contributed by atoms with van der Waals surface area (Å²) >= 11 is 0. The van der Waals surface area contributed by atoms with Crippen molar-refractivity contribution in [1.82, 2.24) is 9.97 Å². The number of amides is 1. The fourth-order valence-electron chi connectivity index (χ4n) is 2.76. The molecule has 0 aliphatic rings. The highest BCUT2D eigenvalue weighted by molar-refractivity contribution is 6.06. The van der Waals surface area contributed by atoms with Gasteiger partial charge in [0, 0.05) is 11.3 Å². The molecule has 3 rings (SSSR count). The van der Waals surface area contributed by atoms with Crippen molar-refractivity contribution >= 4 is 22.6 Å². The Morgan fingerprint density at radius 2 is 1.71 bits per heavy atom. The van der Waals surface area contributed by atoms with Crippen LogP contribution in [0.4, 0.5) is 5.69 Å². The van der Waals surface area contributed by atoms with E-state index >= 15 is 0 Å². The monoisotopic (exact) mass is 319 g/mol. The van der Waals surface area contributed by atoms with Gasteiger partial charge in [0.25, 0.3) is 5.91 Å². The molecule has 0 bridgehead atoms. The summed E-state index contributed by atoms with van der Waals surface area (Å²) in [6, 6.07) is 11.5. The number of aromatic nitrogens is 2. The Morgan fingerprint density at radius 1 is 1.00 bits per heavy atom. The Hall–Kier alpha value is -2.75. The van der Waals surface area contributed by atoms with E-state index in [1.165, 1.54) is 0 Å². The number of benzene rings is 2. The second-order valence-corrected chi connectivity index (χ2v) is 6.01. The van der Waals surface area contributed by atoms with Crippen molar-refractivity contribution in [2.45, 2.75) is 34.1 Å². The first kappa shape index (κ1) is 16.1. The third-order valence-corrected chi connectivity index (χ3v) is 4.32. The van der Waals surface area contributed by atoms with Gasteiger partial charge in [-0.15, -0.1) is 0 Å². The van der Waals surface area contributed by atoms with Crippen LogP contribution in [0.1, 0.15) is 39.8 Å². The molecule has 0 aliphatic carbocycles. The van der Waals surface area contributed by atoms with E-state index in [1.807, 2.05) is 45.0 Å². The number of hydrogen-bond acceptors (Lipinski definition) is 3. The van der Waals surface area contributed by atoms with Crippen molar-refractivity contribution in [3.05, 3.63) is 64.5 Å². The van der Waals surface area contributed by atoms with E-state index in [2.05, 4.69) is 22.2 Å². The van der Waals surface area contributed by atoms with Crippen molar-refractivity contribution in [2.24, 2.45) is 0 Å². The Morgan fingerprint density at radius 3 is 2.42 bits per heavy atom. The SMILES string of the molecule is CCc1cccc(C)c1NC(=O)c1ccc2nc(C)c(C)nc2c1. The van der Waals surface area contributed by atoms with Crippen molar-refractivity contribution in [2.75, 3.05) is 5.32 Å². The second kappa shape index (κ2) is 6.40. The van der Waals surface area contributed by atoms with E-state index in [0.717, 1.165) is 45.7 Å². The number of rotatable bonds is 3. The number of anilines is 1. The Labute approximate surface area is 142 Å². The van der Waals surface area contributed by atoms with E-state index < -0.39 is 0 Å². The van der Waals surface area contributed by atoms with Gasteiger partial charge in [-0.05, 0) is 56.5 Å². The zero-order valence-electron chi connectivity index (χ0n) is 14.5. The van der Waals surface area contributed by atoms with E-state index in [-0.39, 0.29) is 5.91 Å². The molecule has 0 unspecified atom stereocenters. The quantitative estimate of drug-likeness (QED) is 0.780. The summed E-state index contributed by atoms with van der Waals surface area (Å²) in [4.78, 5) is 21.7. The zero-order valence-corrected chi connectivity index (χ0v) is 14.5. The van der Waals surface area contributed by atoms with E-state index in [0.29, 0.717) is 5.56 Å². The summed E-state index contributed by atoms with van der Waals surface area (Å²) in [5.74, 6) is -0.124. The van der Waals surface area contributed by atoms with Crippen LogP contribution < -0.4 is 5.32 Å². The van der Waals surface area contributed by atoms with Crippen LogP contribution in [0.5, 0.6) is 0 Å². The topological polar surface area (TPSA) is 54.9 Å². The molecule has 0 aliphatic heterocycles. The number of aryl methyl sites for hydroxylation is 4.